The molecule has 3 aliphatic heterocycles. The third kappa shape index (κ3) is 6.66. The number of amides is 1. The predicted octanol–water partition coefficient (Wildman–Crippen LogP) is 2.90. The Kier molecular flexibility index (Phi) is 8.50. The van der Waals surface area contributed by atoms with Crippen LogP contribution in [0.3, 0.4) is 0 Å². The number of likely N-dealkylation sites (tertiary alicyclic amines) is 1. The molecule has 0 aliphatic carbocycles. The van der Waals surface area contributed by atoms with Crippen LogP contribution in [0.1, 0.15) is 31.2 Å². The summed E-state index contributed by atoms with van der Waals surface area (Å²) in [5.74, 6) is -2.61. The molecular formula is C22H29F3N2O5. The van der Waals surface area contributed by atoms with Crippen LogP contribution >= 0.6 is 0 Å². The van der Waals surface area contributed by atoms with E-state index in [1.165, 1.54) is 5.56 Å². The number of benzene rings is 1. The van der Waals surface area contributed by atoms with Crippen molar-refractivity contribution in [3.05, 3.63) is 35.9 Å². The number of nitrogens with zero attached hydrogens (tertiary/aromatic N) is 2. The van der Waals surface area contributed by atoms with E-state index in [0.29, 0.717) is 12.6 Å². The minimum Gasteiger partial charge on any atom is -0.475 e. The lowest BCUT2D eigenvalue weighted by molar-refractivity contribution is -0.204. The number of carboxylic acids is 1. The lowest BCUT2D eigenvalue weighted by atomic mass is 9.89. The predicted molar refractivity (Wildman–Crippen MR) is 109 cm³/mol. The minimum atomic E-state index is -5.08. The summed E-state index contributed by atoms with van der Waals surface area (Å²) >= 11 is 0. The molecule has 3 fully saturated rings. The van der Waals surface area contributed by atoms with E-state index >= 15 is 0 Å². The van der Waals surface area contributed by atoms with Crippen molar-refractivity contribution in [3.8, 4) is 0 Å². The molecule has 178 valence electrons. The Balaban J connectivity index is 0.000000360. The van der Waals surface area contributed by atoms with Gasteiger partial charge in [0, 0.05) is 32.3 Å². The lowest BCUT2D eigenvalue weighted by Gasteiger charge is -2.41. The number of piperidine rings is 1. The van der Waals surface area contributed by atoms with Gasteiger partial charge in [-0.1, -0.05) is 30.3 Å². The van der Waals surface area contributed by atoms with Crippen molar-refractivity contribution in [1.29, 1.82) is 0 Å². The van der Waals surface area contributed by atoms with Gasteiger partial charge in [-0.25, -0.2) is 9.86 Å². The van der Waals surface area contributed by atoms with E-state index in [0.717, 1.165) is 58.3 Å². The Morgan fingerprint density at radius 2 is 1.84 bits per heavy atom. The average molecular weight is 458 g/mol. The third-order valence-electron chi connectivity index (χ3n) is 5.99. The molecule has 1 aromatic carbocycles. The van der Waals surface area contributed by atoms with Crippen LogP contribution in [-0.4, -0.2) is 78.1 Å². The molecule has 1 N–H and O–H groups in total. The summed E-state index contributed by atoms with van der Waals surface area (Å²) in [6, 6.07) is 11.1. The van der Waals surface area contributed by atoms with Crippen LogP contribution in [0.25, 0.3) is 0 Å². The zero-order chi connectivity index (χ0) is 23.1. The number of fused-ring (bicyclic) bond motifs is 1. The van der Waals surface area contributed by atoms with Gasteiger partial charge in [0.15, 0.2) is 0 Å². The quantitative estimate of drug-likeness (QED) is 0.748. The monoisotopic (exact) mass is 458 g/mol. The molecule has 1 amide bonds. The number of hydroxylamine groups is 2. The van der Waals surface area contributed by atoms with Crippen molar-refractivity contribution in [2.75, 3.05) is 32.8 Å². The molecule has 3 saturated heterocycles. The van der Waals surface area contributed by atoms with Gasteiger partial charge in [0.05, 0.1) is 18.6 Å². The van der Waals surface area contributed by atoms with Crippen molar-refractivity contribution in [3.63, 3.8) is 0 Å². The van der Waals surface area contributed by atoms with Gasteiger partial charge in [-0.2, -0.15) is 13.2 Å². The molecule has 0 radical (unpaired) electrons. The van der Waals surface area contributed by atoms with Gasteiger partial charge in [0.2, 0.25) is 0 Å². The van der Waals surface area contributed by atoms with Gasteiger partial charge in [-0.3, -0.25) is 14.5 Å². The van der Waals surface area contributed by atoms with Gasteiger partial charge >= 0.3 is 12.1 Å². The SMILES string of the molecule is O=C(O)C(F)(F)F.O=C([C@H]1C[C@H]2OCC[C@H]2N(CCc2ccccc2)C1)N1CCCCO1. The summed E-state index contributed by atoms with van der Waals surface area (Å²) in [5, 5.41) is 8.73. The fraction of sp³-hybridized carbons (Fsp3) is 0.636. The fourth-order valence-corrected chi connectivity index (χ4v) is 4.38. The summed E-state index contributed by atoms with van der Waals surface area (Å²) in [6.45, 7) is 4.03. The Hall–Kier alpha value is -2.17. The second kappa shape index (κ2) is 11.1. The number of alkyl halides is 3. The summed E-state index contributed by atoms with van der Waals surface area (Å²) < 4.78 is 37.7. The summed E-state index contributed by atoms with van der Waals surface area (Å²) in [5.41, 5.74) is 1.35. The van der Waals surface area contributed by atoms with E-state index in [-0.39, 0.29) is 17.9 Å². The summed E-state index contributed by atoms with van der Waals surface area (Å²) in [7, 11) is 0. The van der Waals surface area contributed by atoms with Gasteiger partial charge in [0.1, 0.15) is 0 Å². The first-order chi connectivity index (χ1) is 15.3. The number of carbonyl (C=O) groups excluding carboxylic acids is 1. The molecule has 0 unspecified atom stereocenters. The molecule has 3 aliphatic rings. The molecule has 0 aromatic heterocycles. The van der Waals surface area contributed by atoms with E-state index in [2.05, 4.69) is 35.2 Å². The van der Waals surface area contributed by atoms with Crippen molar-refractivity contribution in [1.82, 2.24) is 9.96 Å². The summed E-state index contributed by atoms with van der Waals surface area (Å²) in [4.78, 5) is 29.9. The highest BCUT2D eigenvalue weighted by atomic mass is 19.4. The van der Waals surface area contributed by atoms with Crippen LogP contribution in [0, 0.1) is 5.92 Å². The zero-order valence-electron chi connectivity index (χ0n) is 17.8. The molecule has 3 atom stereocenters. The van der Waals surface area contributed by atoms with Gasteiger partial charge in [0.25, 0.3) is 5.91 Å². The van der Waals surface area contributed by atoms with E-state index < -0.39 is 12.1 Å². The fourth-order valence-electron chi connectivity index (χ4n) is 4.38. The highest BCUT2D eigenvalue weighted by Gasteiger charge is 2.43. The smallest absolute Gasteiger partial charge is 0.475 e. The van der Waals surface area contributed by atoms with E-state index in [9.17, 15) is 18.0 Å². The molecule has 7 nitrogen and oxygen atoms in total. The molecule has 0 saturated carbocycles. The topological polar surface area (TPSA) is 79.3 Å². The Bertz CT molecular complexity index is 756. The van der Waals surface area contributed by atoms with Crippen LogP contribution in [0.4, 0.5) is 13.2 Å². The third-order valence-corrected chi connectivity index (χ3v) is 5.99. The molecule has 10 heteroatoms. The maximum absolute atomic E-state index is 12.9. The Morgan fingerprint density at radius 1 is 1.12 bits per heavy atom. The largest absolute Gasteiger partial charge is 0.490 e. The molecular weight excluding hydrogens is 429 g/mol. The van der Waals surface area contributed by atoms with Crippen molar-refractivity contribution in [2.45, 2.75) is 50.4 Å². The van der Waals surface area contributed by atoms with Crippen LogP contribution in [-0.2, 0) is 25.6 Å². The second-order valence-electron chi connectivity index (χ2n) is 8.21. The number of halogens is 3. The lowest BCUT2D eigenvalue weighted by Crippen LogP contribution is -2.54. The maximum atomic E-state index is 12.9. The molecule has 1 aromatic rings. The van der Waals surface area contributed by atoms with E-state index in [1.807, 2.05) is 0 Å². The van der Waals surface area contributed by atoms with Crippen LogP contribution in [0.15, 0.2) is 30.3 Å². The van der Waals surface area contributed by atoms with Gasteiger partial charge < -0.3 is 9.84 Å². The first-order valence-electron chi connectivity index (χ1n) is 10.9. The molecule has 32 heavy (non-hydrogen) atoms. The normalized spacial score (nSPS) is 26.1. The number of hydrogen-bond donors (Lipinski definition) is 1. The van der Waals surface area contributed by atoms with Crippen molar-refractivity contribution < 1.29 is 37.4 Å². The molecule has 0 spiro atoms. The van der Waals surface area contributed by atoms with Crippen molar-refractivity contribution in [2.24, 2.45) is 5.92 Å². The molecule has 0 bridgehead atoms. The van der Waals surface area contributed by atoms with Crippen LogP contribution in [0.5, 0.6) is 0 Å². The number of aliphatic carboxylic acids is 1. The standard InChI is InChI=1S/C20H28N2O3.C2HF3O2/c23-20(22-10-4-5-12-25-22)17-14-19-18(9-13-24-19)21(15-17)11-8-16-6-2-1-3-7-16;3-2(4,5)1(6)7/h1-3,6-7,17-19H,4-5,8-15H2;(H,6,7)/t17-,18+,19+;/m0./s1. The number of ether oxygens (including phenoxy) is 1. The average Bonchev–Trinajstić information content (AvgIpc) is 3.27. The number of hydrogen-bond acceptors (Lipinski definition) is 5. The van der Waals surface area contributed by atoms with Gasteiger partial charge in [-0.15, -0.1) is 0 Å². The molecule has 4 rings (SSSR count). The number of carboxylic acid groups (broad SMARTS) is 1. The van der Waals surface area contributed by atoms with Crippen LogP contribution in [0.2, 0.25) is 0 Å². The number of rotatable bonds is 4. The molecule has 3 heterocycles. The van der Waals surface area contributed by atoms with Crippen LogP contribution < -0.4 is 0 Å². The second-order valence-corrected chi connectivity index (χ2v) is 8.21. The van der Waals surface area contributed by atoms with E-state index in [1.54, 1.807) is 5.06 Å². The summed E-state index contributed by atoms with van der Waals surface area (Å²) in [6.07, 6.45) is 0.143. The number of carbonyl (C=O) groups is 2. The Labute approximate surface area is 185 Å². The first-order valence-corrected chi connectivity index (χ1v) is 10.9. The minimum absolute atomic E-state index is 0.00627. The zero-order valence-corrected chi connectivity index (χ0v) is 17.8. The maximum Gasteiger partial charge on any atom is 0.490 e. The highest BCUT2D eigenvalue weighted by Crippen LogP contribution is 2.32. The van der Waals surface area contributed by atoms with Gasteiger partial charge in [-0.05, 0) is 37.7 Å². The highest BCUT2D eigenvalue weighted by molar-refractivity contribution is 5.78. The first kappa shape index (κ1) is 24.5. The Morgan fingerprint density at radius 3 is 2.47 bits per heavy atom. The van der Waals surface area contributed by atoms with E-state index in [4.69, 9.17) is 19.5 Å². The van der Waals surface area contributed by atoms with Crippen molar-refractivity contribution >= 4 is 11.9 Å².